The lowest BCUT2D eigenvalue weighted by Gasteiger charge is -2.25. The van der Waals surface area contributed by atoms with Crippen LogP contribution in [0.1, 0.15) is 26.3 Å². The Morgan fingerprint density at radius 3 is 2.44 bits per heavy atom. The van der Waals surface area contributed by atoms with Crippen molar-refractivity contribution in [1.82, 2.24) is 0 Å². The van der Waals surface area contributed by atoms with Gasteiger partial charge in [-0.15, -0.1) is 0 Å². The van der Waals surface area contributed by atoms with E-state index in [0.717, 1.165) is 10.0 Å². The van der Waals surface area contributed by atoms with Gasteiger partial charge in [-0.1, -0.05) is 15.9 Å². The summed E-state index contributed by atoms with van der Waals surface area (Å²) in [5.41, 5.74) is 6.58. The van der Waals surface area contributed by atoms with E-state index < -0.39 is 5.54 Å². The molecule has 1 aromatic rings. The fraction of sp³-hybridized carbons (Fsp3) is 0.500. The van der Waals surface area contributed by atoms with Crippen LogP contribution in [0, 0.1) is 0 Å². The SMILES string of the molecule is CCOc1c(OC)ccc(Br)c1C(C)(C)N. The van der Waals surface area contributed by atoms with Gasteiger partial charge in [0.25, 0.3) is 0 Å². The molecule has 0 saturated carbocycles. The average molecular weight is 288 g/mol. The zero-order valence-electron chi connectivity index (χ0n) is 10.1. The lowest BCUT2D eigenvalue weighted by molar-refractivity contribution is 0.300. The fourth-order valence-electron chi connectivity index (χ4n) is 1.59. The molecule has 0 aliphatic heterocycles. The van der Waals surface area contributed by atoms with Crippen molar-refractivity contribution in [2.45, 2.75) is 26.3 Å². The van der Waals surface area contributed by atoms with E-state index in [2.05, 4.69) is 15.9 Å². The second-order valence-electron chi connectivity index (χ2n) is 4.11. The number of hydrogen-bond acceptors (Lipinski definition) is 3. The first-order valence-corrected chi connectivity index (χ1v) is 5.99. The topological polar surface area (TPSA) is 44.5 Å². The van der Waals surface area contributed by atoms with Crippen molar-refractivity contribution in [3.05, 3.63) is 22.2 Å². The van der Waals surface area contributed by atoms with Gasteiger partial charge >= 0.3 is 0 Å². The van der Waals surface area contributed by atoms with Crippen LogP contribution < -0.4 is 15.2 Å². The molecule has 0 saturated heterocycles. The Balaban J connectivity index is 3.42. The van der Waals surface area contributed by atoms with Gasteiger partial charge in [-0.25, -0.2) is 0 Å². The van der Waals surface area contributed by atoms with Gasteiger partial charge in [0.05, 0.1) is 13.7 Å². The number of nitrogens with two attached hydrogens (primary N) is 1. The monoisotopic (exact) mass is 287 g/mol. The molecule has 1 aromatic carbocycles. The quantitative estimate of drug-likeness (QED) is 0.926. The summed E-state index contributed by atoms with van der Waals surface area (Å²) in [4.78, 5) is 0. The predicted octanol–water partition coefficient (Wildman–Crippen LogP) is 3.05. The molecule has 0 atom stereocenters. The van der Waals surface area contributed by atoms with Crippen LogP contribution in [0.15, 0.2) is 16.6 Å². The molecule has 4 heteroatoms. The fourth-order valence-corrected chi connectivity index (χ4v) is 2.41. The van der Waals surface area contributed by atoms with E-state index in [0.29, 0.717) is 18.1 Å². The third kappa shape index (κ3) is 2.68. The molecular formula is C12H18BrNO2. The van der Waals surface area contributed by atoms with Crippen LogP contribution >= 0.6 is 15.9 Å². The molecule has 1 rings (SSSR count). The van der Waals surface area contributed by atoms with Gasteiger partial charge in [0.2, 0.25) is 0 Å². The van der Waals surface area contributed by atoms with E-state index in [1.807, 2.05) is 32.9 Å². The van der Waals surface area contributed by atoms with Crippen molar-refractivity contribution in [1.29, 1.82) is 0 Å². The number of halogens is 1. The van der Waals surface area contributed by atoms with E-state index in [1.165, 1.54) is 0 Å². The average Bonchev–Trinajstić information content (AvgIpc) is 2.16. The highest BCUT2D eigenvalue weighted by Crippen LogP contribution is 2.41. The first kappa shape index (κ1) is 13.3. The minimum atomic E-state index is -0.488. The third-order valence-corrected chi connectivity index (χ3v) is 2.88. The maximum atomic E-state index is 6.15. The molecule has 2 N–H and O–H groups in total. The minimum absolute atomic E-state index is 0.488. The third-order valence-electron chi connectivity index (χ3n) is 2.22. The molecule has 3 nitrogen and oxygen atoms in total. The summed E-state index contributed by atoms with van der Waals surface area (Å²) in [6.45, 7) is 6.40. The Morgan fingerprint density at radius 2 is 2.00 bits per heavy atom. The van der Waals surface area contributed by atoms with Crippen LogP contribution in [0.25, 0.3) is 0 Å². The number of rotatable bonds is 4. The van der Waals surface area contributed by atoms with Crippen molar-refractivity contribution in [3.63, 3.8) is 0 Å². The molecule has 0 spiro atoms. The summed E-state index contributed by atoms with van der Waals surface area (Å²) in [6.07, 6.45) is 0. The molecule has 0 heterocycles. The summed E-state index contributed by atoms with van der Waals surface area (Å²) in [5, 5.41) is 0. The molecule has 0 amide bonds. The molecule has 0 fully saturated rings. The van der Waals surface area contributed by atoms with Gasteiger partial charge in [0.1, 0.15) is 0 Å². The van der Waals surface area contributed by atoms with E-state index in [1.54, 1.807) is 7.11 Å². The first-order valence-electron chi connectivity index (χ1n) is 5.20. The Bertz CT molecular complexity index is 372. The summed E-state index contributed by atoms with van der Waals surface area (Å²) < 4.78 is 11.9. The summed E-state index contributed by atoms with van der Waals surface area (Å²) in [7, 11) is 1.62. The molecule has 0 radical (unpaired) electrons. The van der Waals surface area contributed by atoms with E-state index in [9.17, 15) is 0 Å². The highest BCUT2D eigenvalue weighted by Gasteiger charge is 2.25. The smallest absolute Gasteiger partial charge is 0.167 e. The Kier molecular flexibility index (Phi) is 4.21. The predicted molar refractivity (Wildman–Crippen MR) is 69.1 cm³/mol. The number of benzene rings is 1. The van der Waals surface area contributed by atoms with Crippen molar-refractivity contribution >= 4 is 15.9 Å². The summed E-state index contributed by atoms with van der Waals surface area (Å²) in [5.74, 6) is 1.42. The van der Waals surface area contributed by atoms with Crippen LogP contribution in [0.2, 0.25) is 0 Å². The zero-order chi connectivity index (χ0) is 12.3. The van der Waals surface area contributed by atoms with E-state index in [4.69, 9.17) is 15.2 Å². The standard InChI is InChI=1S/C12H18BrNO2/c1-5-16-11-9(15-4)7-6-8(13)10(11)12(2,3)14/h6-7H,5,14H2,1-4H3. The van der Waals surface area contributed by atoms with E-state index in [-0.39, 0.29) is 0 Å². The Hall–Kier alpha value is -0.740. The lowest BCUT2D eigenvalue weighted by Crippen LogP contribution is -2.30. The van der Waals surface area contributed by atoms with Crippen LogP contribution in [0.4, 0.5) is 0 Å². The summed E-state index contributed by atoms with van der Waals surface area (Å²) in [6, 6.07) is 3.79. The molecular weight excluding hydrogens is 270 g/mol. The normalized spacial score (nSPS) is 11.4. The van der Waals surface area contributed by atoms with Crippen LogP contribution in [-0.2, 0) is 5.54 Å². The van der Waals surface area contributed by atoms with Gasteiger partial charge in [0.15, 0.2) is 11.5 Å². The maximum Gasteiger partial charge on any atom is 0.167 e. The van der Waals surface area contributed by atoms with Crippen LogP contribution in [-0.4, -0.2) is 13.7 Å². The van der Waals surface area contributed by atoms with Crippen molar-refractivity contribution in [2.24, 2.45) is 5.73 Å². The Labute approximate surface area is 105 Å². The van der Waals surface area contributed by atoms with Gasteiger partial charge in [-0.05, 0) is 32.9 Å². The largest absolute Gasteiger partial charge is 0.493 e. The maximum absolute atomic E-state index is 6.15. The molecule has 0 bridgehead atoms. The molecule has 0 unspecified atom stereocenters. The summed E-state index contributed by atoms with van der Waals surface area (Å²) >= 11 is 3.50. The lowest BCUT2D eigenvalue weighted by atomic mass is 9.94. The van der Waals surface area contributed by atoms with Crippen molar-refractivity contribution in [3.8, 4) is 11.5 Å². The highest BCUT2D eigenvalue weighted by atomic mass is 79.9. The van der Waals surface area contributed by atoms with Gasteiger partial charge in [-0.3, -0.25) is 0 Å². The minimum Gasteiger partial charge on any atom is -0.493 e. The second-order valence-corrected chi connectivity index (χ2v) is 4.96. The van der Waals surface area contributed by atoms with Gasteiger partial charge in [0, 0.05) is 15.6 Å². The Morgan fingerprint density at radius 1 is 1.38 bits per heavy atom. The number of hydrogen-bond donors (Lipinski definition) is 1. The highest BCUT2D eigenvalue weighted by molar-refractivity contribution is 9.10. The van der Waals surface area contributed by atoms with Crippen LogP contribution in [0.5, 0.6) is 11.5 Å². The van der Waals surface area contributed by atoms with E-state index >= 15 is 0 Å². The van der Waals surface area contributed by atoms with Crippen LogP contribution in [0.3, 0.4) is 0 Å². The number of ether oxygens (including phenoxy) is 2. The molecule has 0 aliphatic carbocycles. The molecule has 0 aromatic heterocycles. The second kappa shape index (κ2) is 5.06. The van der Waals surface area contributed by atoms with Gasteiger partial charge in [-0.2, -0.15) is 0 Å². The van der Waals surface area contributed by atoms with Gasteiger partial charge < -0.3 is 15.2 Å². The molecule has 16 heavy (non-hydrogen) atoms. The molecule has 90 valence electrons. The molecule has 0 aliphatic rings. The van der Waals surface area contributed by atoms with Crippen molar-refractivity contribution < 1.29 is 9.47 Å². The van der Waals surface area contributed by atoms with Crippen molar-refractivity contribution in [2.75, 3.05) is 13.7 Å². The number of methoxy groups -OCH3 is 1. The zero-order valence-corrected chi connectivity index (χ0v) is 11.7. The first-order chi connectivity index (χ1) is 7.41.